The van der Waals surface area contributed by atoms with Crippen LogP contribution >= 0.6 is 15.9 Å². The van der Waals surface area contributed by atoms with E-state index in [1.54, 1.807) is 0 Å². The van der Waals surface area contributed by atoms with E-state index in [0.29, 0.717) is 22.2 Å². The maximum Gasteiger partial charge on any atom is 0.341 e. The molecule has 0 unspecified atom stereocenters. The normalized spacial score (nSPS) is 10.5. The Bertz CT molecular complexity index is 707. The summed E-state index contributed by atoms with van der Waals surface area (Å²) < 4.78 is 45.2. The van der Waals surface area contributed by atoms with Crippen LogP contribution in [-0.4, -0.2) is 5.97 Å². The number of ether oxygens (including phenoxy) is 1. The van der Waals surface area contributed by atoms with Crippen molar-refractivity contribution in [2.24, 2.45) is 0 Å². The summed E-state index contributed by atoms with van der Waals surface area (Å²) in [6, 6.07) is 5.20. The van der Waals surface area contributed by atoms with Crippen molar-refractivity contribution in [3.05, 3.63) is 63.4 Å². The molecule has 2 rings (SSSR count). The molecule has 0 saturated heterocycles. The SMILES string of the molecule is Nc1cc(F)c(C(=O)OCc2cc(F)ccc2Br)cc1F. The zero-order valence-electron chi connectivity index (χ0n) is 10.5. The monoisotopic (exact) mass is 359 g/mol. The van der Waals surface area contributed by atoms with Crippen molar-refractivity contribution in [3.8, 4) is 0 Å². The summed E-state index contributed by atoms with van der Waals surface area (Å²) in [7, 11) is 0. The van der Waals surface area contributed by atoms with Gasteiger partial charge in [-0.1, -0.05) is 15.9 Å². The second-order valence-electron chi connectivity index (χ2n) is 4.17. The third-order valence-electron chi connectivity index (χ3n) is 2.67. The molecule has 0 amide bonds. The lowest BCUT2D eigenvalue weighted by atomic mass is 10.2. The van der Waals surface area contributed by atoms with E-state index in [4.69, 9.17) is 10.5 Å². The summed E-state index contributed by atoms with van der Waals surface area (Å²) in [5, 5.41) is 0. The van der Waals surface area contributed by atoms with E-state index in [-0.39, 0.29) is 6.61 Å². The highest BCUT2D eigenvalue weighted by Crippen LogP contribution is 2.21. The Morgan fingerprint density at radius 2 is 1.86 bits per heavy atom. The Morgan fingerprint density at radius 3 is 2.57 bits per heavy atom. The van der Waals surface area contributed by atoms with Crippen LogP contribution in [0.15, 0.2) is 34.8 Å². The van der Waals surface area contributed by atoms with E-state index in [0.717, 1.165) is 6.07 Å². The van der Waals surface area contributed by atoms with Gasteiger partial charge in [0.1, 0.15) is 24.1 Å². The average Bonchev–Trinajstić information content (AvgIpc) is 2.43. The molecule has 0 aromatic heterocycles. The minimum absolute atomic E-state index is 0.289. The number of anilines is 1. The summed E-state index contributed by atoms with van der Waals surface area (Å²) in [5.41, 5.74) is 4.56. The quantitative estimate of drug-likeness (QED) is 0.669. The van der Waals surface area contributed by atoms with Crippen molar-refractivity contribution >= 4 is 27.6 Å². The first kappa shape index (κ1) is 15.4. The van der Waals surface area contributed by atoms with Crippen molar-refractivity contribution < 1.29 is 22.7 Å². The van der Waals surface area contributed by atoms with Crippen LogP contribution in [0.4, 0.5) is 18.9 Å². The topological polar surface area (TPSA) is 52.3 Å². The van der Waals surface area contributed by atoms with Crippen LogP contribution < -0.4 is 5.73 Å². The van der Waals surface area contributed by atoms with E-state index in [2.05, 4.69) is 15.9 Å². The molecule has 21 heavy (non-hydrogen) atoms. The number of nitrogens with two attached hydrogens (primary N) is 1. The summed E-state index contributed by atoms with van der Waals surface area (Å²) in [6.07, 6.45) is 0. The number of benzene rings is 2. The van der Waals surface area contributed by atoms with Crippen LogP contribution in [0.2, 0.25) is 0 Å². The molecule has 0 radical (unpaired) electrons. The molecule has 3 nitrogen and oxygen atoms in total. The minimum atomic E-state index is -1.07. The number of esters is 1. The van der Waals surface area contributed by atoms with E-state index in [1.807, 2.05) is 0 Å². The van der Waals surface area contributed by atoms with Gasteiger partial charge >= 0.3 is 5.97 Å². The molecule has 110 valence electrons. The molecular weight excluding hydrogens is 351 g/mol. The van der Waals surface area contributed by atoms with E-state index < -0.39 is 34.7 Å². The van der Waals surface area contributed by atoms with Crippen molar-refractivity contribution in [2.45, 2.75) is 6.61 Å². The maximum absolute atomic E-state index is 13.5. The first-order valence-electron chi connectivity index (χ1n) is 5.74. The van der Waals surface area contributed by atoms with Crippen LogP contribution in [0, 0.1) is 17.5 Å². The van der Waals surface area contributed by atoms with Crippen molar-refractivity contribution in [1.29, 1.82) is 0 Å². The first-order valence-corrected chi connectivity index (χ1v) is 6.53. The molecule has 0 saturated carbocycles. The van der Waals surface area contributed by atoms with Gasteiger partial charge in [-0.15, -0.1) is 0 Å². The van der Waals surface area contributed by atoms with Crippen molar-refractivity contribution in [1.82, 2.24) is 0 Å². The number of carbonyl (C=O) groups excluding carboxylic acids is 1. The van der Waals surface area contributed by atoms with Crippen LogP contribution in [-0.2, 0) is 11.3 Å². The number of carbonyl (C=O) groups is 1. The van der Waals surface area contributed by atoms with Gasteiger partial charge in [0.2, 0.25) is 0 Å². The standard InChI is InChI=1S/C14H9BrF3NO2/c15-10-2-1-8(16)3-7(10)6-21-14(20)9-4-12(18)13(19)5-11(9)17/h1-5H,6,19H2. The average molecular weight is 360 g/mol. The smallest absolute Gasteiger partial charge is 0.341 e. The molecule has 0 heterocycles. The van der Waals surface area contributed by atoms with E-state index in [1.165, 1.54) is 12.1 Å². The second kappa shape index (κ2) is 6.17. The van der Waals surface area contributed by atoms with Gasteiger partial charge in [-0.25, -0.2) is 18.0 Å². The zero-order valence-corrected chi connectivity index (χ0v) is 12.1. The van der Waals surface area contributed by atoms with Crippen LogP contribution in [0.1, 0.15) is 15.9 Å². The Hall–Kier alpha value is -2.02. The second-order valence-corrected chi connectivity index (χ2v) is 5.02. The van der Waals surface area contributed by atoms with Crippen molar-refractivity contribution in [3.63, 3.8) is 0 Å². The van der Waals surface area contributed by atoms with Gasteiger partial charge < -0.3 is 10.5 Å². The lowest BCUT2D eigenvalue weighted by molar-refractivity contribution is 0.0465. The minimum Gasteiger partial charge on any atom is -0.457 e. The molecule has 0 aliphatic rings. The van der Waals surface area contributed by atoms with Gasteiger partial charge in [0.25, 0.3) is 0 Å². The Balaban J connectivity index is 2.15. The van der Waals surface area contributed by atoms with Crippen LogP contribution in [0.5, 0.6) is 0 Å². The molecular formula is C14H9BrF3NO2. The molecule has 7 heteroatoms. The largest absolute Gasteiger partial charge is 0.457 e. The predicted octanol–water partition coefficient (Wildman–Crippen LogP) is 3.81. The number of nitrogen functional groups attached to an aromatic ring is 1. The number of halogens is 4. The molecule has 2 aromatic rings. The van der Waals surface area contributed by atoms with E-state index in [9.17, 15) is 18.0 Å². The number of rotatable bonds is 3. The third-order valence-corrected chi connectivity index (χ3v) is 3.45. The molecule has 2 aromatic carbocycles. The number of hydrogen-bond acceptors (Lipinski definition) is 3. The highest BCUT2D eigenvalue weighted by molar-refractivity contribution is 9.10. The molecule has 0 atom stereocenters. The fourth-order valence-corrected chi connectivity index (χ4v) is 1.95. The Morgan fingerprint density at radius 1 is 1.14 bits per heavy atom. The van der Waals surface area contributed by atoms with Gasteiger partial charge in [-0.3, -0.25) is 0 Å². The molecule has 2 N–H and O–H groups in total. The molecule has 0 aliphatic carbocycles. The van der Waals surface area contributed by atoms with E-state index >= 15 is 0 Å². The summed E-state index contributed by atoms with van der Waals surface area (Å²) in [5.74, 6) is -3.48. The fourth-order valence-electron chi connectivity index (χ4n) is 1.59. The third kappa shape index (κ3) is 3.55. The highest BCUT2D eigenvalue weighted by atomic mass is 79.9. The molecule has 0 fully saturated rings. The molecule has 0 aliphatic heterocycles. The predicted molar refractivity (Wildman–Crippen MR) is 74.0 cm³/mol. The van der Waals surface area contributed by atoms with Gasteiger partial charge in [-0.2, -0.15) is 0 Å². The lowest BCUT2D eigenvalue weighted by Crippen LogP contribution is -2.09. The maximum atomic E-state index is 13.5. The zero-order chi connectivity index (χ0) is 15.6. The Kier molecular flexibility index (Phi) is 4.52. The van der Waals surface area contributed by atoms with Gasteiger partial charge in [0.15, 0.2) is 0 Å². The van der Waals surface area contributed by atoms with Gasteiger partial charge in [0.05, 0.1) is 11.3 Å². The van der Waals surface area contributed by atoms with Gasteiger partial charge in [0, 0.05) is 16.1 Å². The Labute approximate surface area is 126 Å². The number of hydrogen-bond donors (Lipinski definition) is 1. The summed E-state index contributed by atoms with van der Waals surface area (Å²) in [4.78, 5) is 11.7. The van der Waals surface area contributed by atoms with Crippen LogP contribution in [0.25, 0.3) is 0 Å². The molecule has 0 bridgehead atoms. The highest BCUT2D eigenvalue weighted by Gasteiger charge is 2.17. The molecule has 0 spiro atoms. The lowest BCUT2D eigenvalue weighted by Gasteiger charge is -2.08. The summed E-state index contributed by atoms with van der Waals surface area (Å²) >= 11 is 3.16. The first-order chi connectivity index (χ1) is 9.88. The van der Waals surface area contributed by atoms with Crippen molar-refractivity contribution in [2.75, 3.05) is 5.73 Å². The van der Waals surface area contributed by atoms with Gasteiger partial charge in [-0.05, 0) is 24.3 Å². The summed E-state index contributed by atoms with van der Waals surface area (Å²) in [6.45, 7) is -0.289. The fraction of sp³-hybridized carbons (Fsp3) is 0.0714. The van der Waals surface area contributed by atoms with Crippen LogP contribution in [0.3, 0.4) is 0 Å².